The van der Waals surface area contributed by atoms with Crippen molar-refractivity contribution in [1.29, 1.82) is 0 Å². The highest BCUT2D eigenvalue weighted by atomic mass is 16.6. The molecule has 3 N–H and O–H groups in total. The van der Waals surface area contributed by atoms with Crippen molar-refractivity contribution < 1.29 is 19.2 Å². The summed E-state index contributed by atoms with van der Waals surface area (Å²) in [7, 11) is 1.38. The highest BCUT2D eigenvalue weighted by Crippen LogP contribution is 2.38. The lowest BCUT2D eigenvalue weighted by atomic mass is 10.1. The molecule has 0 aliphatic rings. The van der Waals surface area contributed by atoms with E-state index in [1.165, 1.54) is 25.5 Å². The molecular weight excluding hydrogens is 400 g/mol. The first-order chi connectivity index (χ1) is 15.0. The van der Waals surface area contributed by atoms with Gasteiger partial charge in [-0.1, -0.05) is 42.5 Å². The van der Waals surface area contributed by atoms with Crippen LogP contribution in [-0.2, 0) is 6.61 Å². The molecule has 0 heterocycles. The number of amides is 1. The summed E-state index contributed by atoms with van der Waals surface area (Å²) in [5.41, 5.74) is 9.61. The van der Waals surface area contributed by atoms with Gasteiger partial charge in [-0.15, -0.1) is 0 Å². The summed E-state index contributed by atoms with van der Waals surface area (Å²) in [6.45, 7) is 0.139. The summed E-state index contributed by atoms with van der Waals surface area (Å²) in [6, 6.07) is 18.6. The second kappa shape index (κ2) is 9.88. The number of nitrogens with two attached hydrogens (primary N) is 1. The van der Waals surface area contributed by atoms with Gasteiger partial charge in [-0.2, -0.15) is 5.10 Å². The summed E-state index contributed by atoms with van der Waals surface area (Å²) >= 11 is 0. The Labute approximate surface area is 178 Å². The van der Waals surface area contributed by atoms with Gasteiger partial charge in [0.1, 0.15) is 6.61 Å². The van der Waals surface area contributed by atoms with Crippen molar-refractivity contribution in [3.05, 3.63) is 93.5 Å². The molecule has 0 fully saturated rings. The van der Waals surface area contributed by atoms with Crippen molar-refractivity contribution in [2.45, 2.75) is 6.61 Å². The maximum absolute atomic E-state index is 12.2. The van der Waals surface area contributed by atoms with Gasteiger partial charge in [0, 0.05) is 17.3 Å². The number of rotatable bonds is 8. The fraction of sp³-hybridized carbons (Fsp3) is 0.0909. The molecule has 9 heteroatoms. The predicted octanol–water partition coefficient (Wildman–Crippen LogP) is 3.53. The van der Waals surface area contributed by atoms with Crippen molar-refractivity contribution in [2.75, 3.05) is 12.8 Å². The second-order valence-corrected chi connectivity index (χ2v) is 6.39. The van der Waals surface area contributed by atoms with Gasteiger partial charge in [-0.25, -0.2) is 5.43 Å². The molecule has 0 bridgehead atoms. The minimum Gasteiger partial charge on any atom is -0.493 e. The Morgan fingerprint density at radius 1 is 1.16 bits per heavy atom. The van der Waals surface area contributed by atoms with Crippen LogP contribution < -0.4 is 20.6 Å². The van der Waals surface area contributed by atoms with Crippen LogP contribution in [0.4, 0.5) is 11.4 Å². The molecule has 1 amide bonds. The molecule has 31 heavy (non-hydrogen) atoms. The van der Waals surface area contributed by atoms with Gasteiger partial charge < -0.3 is 15.2 Å². The molecular formula is C22H20N4O5. The van der Waals surface area contributed by atoms with E-state index in [2.05, 4.69) is 10.5 Å². The molecule has 0 saturated heterocycles. The van der Waals surface area contributed by atoms with Crippen LogP contribution in [0, 0.1) is 10.1 Å². The Bertz CT molecular complexity index is 1120. The molecule has 0 saturated carbocycles. The first-order valence-corrected chi connectivity index (χ1v) is 9.20. The number of hydrogen-bond acceptors (Lipinski definition) is 7. The highest BCUT2D eigenvalue weighted by Gasteiger charge is 2.22. The quantitative estimate of drug-likeness (QED) is 0.248. The van der Waals surface area contributed by atoms with Crippen LogP contribution in [-0.4, -0.2) is 24.2 Å². The van der Waals surface area contributed by atoms with Gasteiger partial charge >= 0.3 is 5.69 Å². The number of anilines is 1. The van der Waals surface area contributed by atoms with Gasteiger partial charge in [0.05, 0.1) is 23.8 Å². The minimum absolute atomic E-state index is 0.00889. The third-order valence-corrected chi connectivity index (χ3v) is 4.29. The number of carbonyl (C=O) groups is 1. The molecule has 9 nitrogen and oxygen atoms in total. The maximum atomic E-state index is 12.2. The number of nitro groups is 1. The number of nitrogens with zero attached hydrogens (tertiary/aromatic N) is 2. The Kier molecular flexibility index (Phi) is 6.79. The Hall–Kier alpha value is -4.40. The first kappa shape index (κ1) is 21.3. The van der Waals surface area contributed by atoms with Crippen molar-refractivity contribution in [3.63, 3.8) is 0 Å². The van der Waals surface area contributed by atoms with E-state index in [1.807, 2.05) is 30.3 Å². The number of nitro benzene ring substituents is 1. The number of nitrogens with one attached hydrogen (secondary N) is 1. The number of nitrogen functional groups attached to an aromatic ring is 1. The van der Waals surface area contributed by atoms with Gasteiger partial charge in [0.15, 0.2) is 5.75 Å². The summed E-state index contributed by atoms with van der Waals surface area (Å²) in [5, 5.41) is 15.5. The number of methoxy groups -OCH3 is 1. The highest BCUT2D eigenvalue weighted by molar-refractivity contribution is 5.99. The SMILES string of the molecule is COc1cc(/C=N\NC(=O)c2ccccc2N)cc([N+](=O)[O-])c1OCc1ccccc1. The van der Waals surface area contributed by atoms with Gasteiger partial charge in [0.2, 0.25) is 5.75 Å². The Morgan fingerprint density at radius 2 is 1.87 bits per heavy atom. The summed E-state index contributed by atoms with van der Waals surface area (Å²) in [5.74, 6) is -0.321. The smallest absolute Gasteiger partial charge is 0.315 e. The zero-order chi connectivity index (χ0) is 22.2. The molecule has 0 aromatic heterocycles. The average Bonchev–Trinajstić information content (AvgIpc) is 2.78. The maximum Gasteiger partial charge on any atom is 0.315 e. The molecule has 158 valence electrons. The fourth-order valence-electron chi connectivity index (χ4n) is 2.77. The lowest BCUT2D eigenvalue weighted by molar-refractivity contribution is -0.386. The van der Waals surface area contributed by atoms with Crippen LogP contribution >= 0.6 is 0 Å². The van der Waals surface area contributed by atoms with E-state index in [-0.39, 0.29) is 29.4 Å². The molecule has 0 aliphatic heterocycles. The number of ether oxygens (including phenoxy) is 2. The molecule has 3 rings (SSSR count). The van der Waals surface area contributed by atoms with Crippen molar-refractivity contribution in [3.8, 4) is 11.5 Å². The molecule has 0 unspecified atom stereocenters. The van der Waals surface area contributed by atoms with Crippen LogP contribution in [0.3, 0.4) is 0 Å². The van der Waals surface area contributed by atoms with Crippen LogP contribution in [0.2, 0.25) is 0 Å². The van der Waals surface area contributed by atoms with Gasteiger partial charge in [-0.3, -0.25) is 14.9 Å². The standard InChI is InChI=1S/C22H20N4O5/c1-30-20-12-16(13-24-25-22(27)17-9-5-6-10-18(17)23)11-19(26(28)29)21(20)31-14-15-7-3-2-4-8-15/h2-13H,14,23H2,1H3,(H,25,27)/b24-13-. The minimum atomic E-state index is -0.566. The summed E-state index contributed by atoms with van der Waals surface area (Å²) in [4.78, 5) is 23.2. The number of para-hydroxylation sites is 1. The topological polar surface area (TPSA) is 129 Å². The molecule has 0 spiro atoms. The average molecular weight is 420 g/mol. The van der Waals surface area contributed by atoms with E-state index >= 15 is 0 Å². The van der Waals surface area contributed by atoms with Crippen LogP contribution in [0.25, 0.3) is 0 Å². The number of carbonyl (C=O) groups excluding carboxylic acids is 1. The van der Waals surface area contributed by atoms with Gasteiger partial charge in [0.25, 0.3) is 5.91 Å². The monoisotopic (exact) mass is 420 g/mol. The van der Waals surface area contributed by atoms with E-state index < -0.39 is 10.8 Å². The van der Waals surface area contributed by atoms with E-state index in [0.717, 1.165) is 5.56 Å². The largest absolute Gasteiger partial charge is 0.493 e. The van der Waals surface area contributed by atoms with Crippen LogP contribution in [0.5, 0.6) is 11.5 Å². The molecule has 0 atom stereocenters. The molecule has 3 aromatic carbocycles. The summed E-state index contributed by atoms with van der Waals surface area (Å²) < 4.78 is 11.0. The third kappa shape index (κ3) is 5.36. The van der Waals surface area contributed by atoms with Crippen LogP contribution in [0.15, 0.2) is 71.8 Å². The Balaban J connectivity index is 1.80. The first-order valence-electron chi connectivity index (χ1n) is 9.20. The lowest BCUT2D eigenvalue weighted by Crippen LogP contribution is -2.19. The summed E-state index contributed by atoms with van der Waals surface area (Å²) in [6.07, 6.45) is 1.27. The Morgan fingerprint density at radius 3 is 2.55 bits per heavy atom. The van der Waals surface area contributed by atoms with E-state index in [1.54, 1.807) is 24.3 Å². The second-order valence-electron chi connectivity index (χ2n) is 6.39. The van der Waals surface area contributed by atoms with Crippen molar-refractivity contribution in [2.24, 2.45) is 5.10 Å². The van der Waals surface area contributed by atoms with Crippen molar-refractivity contribution in [1.82, 2.24) is 5.43 Å². The normalized spacial score (nSPS) is 10.6. The number of hydrazone groups is 1. The van der Waals surface area contributed by atoms with Crippen LogP contribution in [0.1, 0.15) is 21.5 Å². The van der Waals surface area contributed by atoms with E-state index in [9.17, 15) is 14.9 Å². The predicted molar refractivity (Wildman–Crippen MR) is 116 cm³/mol. The zero-order valence-corrected chi connectivity index (χ0v) is 16.6. The molecule has 0 aliphatic carbocycles. The fourth-order valence-corrected chi connectivity index (χ4v) is 2.77. The van der Waals surface area contributed by atoms with E-state index in [0.29, 0.717) is 11.3 Å². The number of hydrogen-bond donors (Lipinski definition) is 2. The van der Waals surface area contributed by atoms with Crippen molar-refractivity contribution >= 4 is 23.5 Å². The lowest BCUT2D eigenvalue weighted by Gasteiger charge is -2.12. The molecule has 0 radical (unpaired) electrons. The number of benzene rings is 3. The zero-order valence-electron chi connectivity index (χ0n) is 16.6. The van der Waals surface area contributed by atoms with E-state index in [4.69, 9.17) is 15.2 Å². The third-order valence-electron chi connectivity index (χ3n) is 4.29. The molecule has 3 aromatic rings. The van der Waals surface area contributed by atoms with Gasteiger partial charge in [-0.05, 0) is 23.8 Å².